The number of amides is 1. The highest BCUT2D eigenvalue weighted by Gasteiger charge is 2.32. The first-order chi connectivity index (χ1) is 11.7. The number of rotatable bonds is 3. The Morgan fingerprint density at radius 3 is 2.42 bits per heavy atom. The number of aromatic nitrogens is 2. The van der Waals surface area contributed by atoms with E-state index >= 15 is 0 Å². The number of halogens is 3. The van der Waals surface area contributed by atoms with Crippen molar-refractivity contribution in [1.29, 1.82) is 0 Å². The van der Waals surface area contributed by atoms with Gasteiger partial charge in [0.05, 0.1) is 11.3 Å². The third-order valence-corrected chi connectivity index (χ3v) is 4.94. The van der Waals surface area contributed by atoms with E-state index in [4.69, 9.17) is 4.74 Å². The first-order valence-corrected chi connectivity index (χ1v) is 9.22. The third kappa shape index (κ3) is 4.26. The van der Waals surface area contributed by atoms with Crippen LogP contribution in [0.3, 0.4) is 0 Å². The molecule has 7 nitrogen and oxygen atoms in total. The summed E-state index contributed by atoms with van der Waals surface area (Å²) < 4.78 is 69.4. The van der Waals surface area contributed by atoms with Gasteiger partial charge in [-0.3, -0.25) is 9.72 Å². The Hall–Kier alpha value is -2.30. The zero-order valence-corrected chi connectivity index (χ0v) is 15.3. The molecule has 0 aliphatic heterocycles. The van der Waals surface area contributed by atoms with Gasteiger partial charge in [-0.2, -0.15) is 13.2 Å². The molecule has 26 heavy (non-hydrogen) atoms. The van der Waals surface area contributed by atoms with E-state index in [1.807, 2.05) is 0 Å². The molecule has 11 heteroatoms. The lowest BCUT2D eigenvalue weighted by Gasteiger charge is -2.19. The standard InChI is InChI=1S/C15H18F3N3O4S/c1-5-26(23,24)12-11(20-13(22)25-14(2,3)4)19-10-8-9(15(16,17)18)6-7-21(10)12/h6-8H,5H2,1-4H3,(H,20,22). The molecule has 0 saturated carbocycles. The number of nitrogens with zero attached hydrogens (tertiary/aromatic N) is 2. The van der Waals surface area contributed by atoms with Gasteiger partial charge in [0.2, 0.25) is 0 Å². The number of nitrogens with one attached hydrogen (secondary N) is 1. The Morgan fingerprint density at radius 1 is 1.31 bits per heavy atom. The predicted molar refractivity (Wildman–Crippen MR) is 87.8 cm³/mol. The first kappa shape index (κ1) is 20.0. The van der Waals surface area contributed by atoms with Gasteiger partial charge >= 0.3 is 12.3 Å². The molecule has 0 bridgehead atoms. The molecule has 2 aromatic heterocycles. The largest absolute Gasteiger partial charge is 0.444 e. The van der Waals surface area contributed by atoms with E-state index in [1.165, 1.54) is 6.92 Å². The van der Waals surface area contributed by atoms with Gasteiger partial charge in [-0.25, -0.2) is 18.2 Å². The maximum absolute atomic E-state index is 12.9. The van der Waals surface area contributed by atoms with Crippen LogP contribution in [-0.2, 0) is 20.8 Å². The molecule has 0 spiro atoms. The third-order valence-electron chi connectivity index (χ3n) is 3.20. The summed E-state index contributed by atoms with van der Waals surface area (Å²) in [6, 6.07) is 1.44. The second-order valence-electron chi connectivity index (χ2n) is 6.44. The average Bonchev–Trinajstić information content (AvgIpc) is 2.81. The summed E-state index contributed by atoms with van der Waals surface area (Å²) >= 11 is 0. The Bertz CT molecular complexity index is 943. The molecular formula is C15H18F3N3O4S. The van der Waals surface area contributed by atoms with Crippen molar-refractivity contribution in [2.45, 2.75) is 44.5 Å². The minimum absolute atomic E-state index is 0.266. The van der Waals surface area contributed by atoms with Crippen LogP contribution in [0.1, 0.15) is 33.3 Å². The molecule has 0 aliphatic rings. The van der Waals surface area contributed by atoms with E-state index < -0.39 is 38.3 Å². The molecule has 1 amide bonds. The molecule has 0 saturated heterocycles. The van der Waals surface area contributed by atoms with Crippen molar-refractivity contribution in [2.24, 2.45) is 0 Å². The highest BCUT2D eigenvalue weighted by atomic mass is 32.2. The van der Waals surface area contributed by atoms with E-state index in [2.05, 4.69) is 10.3 Å². The van der Waals surface area contributed by atoms with Crippen molar-refractivity contribution < 1.29 is 31.1 Å². The van der Waals surface area contributed by atoms with Gasteiger partial charge in [0.1, 0.15) is 11.2 Å². The zero-order valence-electron chi connectivity index (χ0n) is 14.5. The first-order valence-electron chi connectivity index (χ1n) is 7.56. The number of sulfone groups is 1. The van der Waals surface area contributed by atoms with E-state index in [0.29, 0.717) is 6.07 Å². The summed E-state index contributed by atoms with van der Waals surface area (Å²) in [5.74, 6) is -0.717. The van der Waals surface area contributed by atoms with Crippen molar-refractivity contribution in [1.82, 2.24) is 9.38 Å². The van der Waals surface area contributed by atoms with Crippen LogP contribution in [0.15, 0.2) is 23.4 Å². The number of hydrogen-bond acceptors (Lipinski definition) is 5. The van der Waals surface area contributed by atoms with Gasteiger partial charge in [-0.15, -0.1) is 0 Å². The summed E-state index contributed by atoms with van der Waals surface area (Å²) in [4.78, 5) is 15.8. The van der Waals surface area contributed by atoms with Crippen molar-refractivity contribution in [3.63, 3.8) is 0 Å². The molecule has 0 fully saturated rings. The van der Waals surface area contributed by atoms with Gasteiger partial charge < -0.3 is 4.74 Å². The summed E-state index contributed by atoms with van der Waals surface area (Å²) in [6.45, 7) is 6.19. The highest BCUT2D eigenvalue weighted by molar-refractivity contribution is 7.91. The molecule has 0 aromatic carbocycles. The van der Waals surface area contributed by atoms with Gasteiger partial charge in [0.25, 0.3) is 0 Å². The van der Waals surface area contributed by atoms with Crippen LogP contribution in [0.4, 0.5) is 23.8 Å². The molecule has 2 heterocycles. The second-order valence-corrected chi connectivity index (χ2v) is 8.63. The molecular weight excluding hydrogens is 375 g/mol. The number of alkyl halides is 3. The van der Waals surface area contributed by atoms with Crippen LogP contribution in [0.5, 0.6) is 0 Å². The number of hydrogen-bond donors (Lipinski definition) is 1. The minimum Gasteiger partial charge on any atom is -0.444 e. The minimum atomic E-state index is -4.61. The Labute approximate surface area is 148 Å². The highest BCUT2D eigenvalue weighted by Crippen LogP contribution is 2.32. The monoisotopic (exact) mass is 393 g/mol. The van der Waals surface area contributed by atoms with Gasteiger partial charge in [-0.05, 0) is 32.9 Å². The number of pyridine rings is 1. The smallest absolute Gasteiger partial charge is 0.416 e. The lowest BCUT2D eigenvalue weighted by Crippen LogP contribution is -2.28. The molecule has 2 aromatic rings. The summed E-state index contributed by atoms with van der Waals surface area (Å²) in [6.07, 6.45) is -4.63. The normalized spacial score (nSPS) is 13.0. The lowest BCUT2D eigenvalue weighted by atomic mass is 10.2. The van der Waals surface area contributed by atoms with E-state index in [9.17, 15) is 26.4 Å². The molecule has 0 radical (unpaired) electrons. The molecule has 0 atom stereocenters. The predicted octanol–water partition coefficient (Wildman–Crippen LogP) is 3.49. The molecule has 0 aliphatic carbocycles. The summed E-state index contributed by atoms with van der Waals surface area (Å²) in [7, 11) is -3.90. The molecule has 1 N–H and O–H groups in total. The van der Waals surface area contributed by atoms with Crippen molar-refractivity contribution in [2.75, 3.05) is 11.1 Å². The van der Waals surface area contributed by atoms with Crippen molar-refractivity contribution in [3.8, 4) is 0 Å². The van der Waals surface area contributed by atoms with Gasteiger partial charge in [0, 0.05) is 6.20 Å². The number of imidazole rings is 1. The van der Waals surface area contributed by atoms with E-state index in [1.54, 1.807) is 20.8 Å². The fraction of sp³-hybridized carbons (Fsp3) is 0.467. The van der Waals surface area contributed by atoms with E-state index in [0.717, 1.165) is 16.7 Å². The Kier molecular flexibility index (Phi) is 4.97. The van der Waals surface area contributed by atoms with Gasteiger partial charge in [0.15, 0.2) is 20.7 Å². The van der Waals surface area contributed by atoms with Crippen LogP contribution >= 0.6 is 0 Å². The molecule has 0 unspecified atom stereocenters. The number of carbonyl (C=O) groups is 1. The van der Waals surface area contributed by atoms with Crippen LogP contribution in [-0.4, -0.2) is 35.2 Å². The number of ether oxygens (including phenoxy) is 1. The topological polar surface area (TPSA) is 89.8 Å². The molecule has 144 valence electrons. The fourth-order valence-corrected chi connectivity index (χ4v) is 3.23. The van der Waals surface area contributed by atoms with Crippen molar-refractivity contribution >= 4 is 27.4 Å². The van der Waals surface area contributed by atoms with Crippen LogP contribution in [0.25, 0.3) is 5.65 Å². The van der Waals surface area contributed by atoms with Crippen LogP contribution in [0.2, 0.25) is 0 Å². The number of anilines is 1. The summed E-state index contributed by atoms with van der Waals surface area (Å²) in [5, 5.41) is 1.79. The molecule has 2 rings (SSSR count). The SMILES string of the molecule is CCS(=O)(=O)c1c(NC(=O)OC(C)(C)C)nc2cc(C(F)(F)F)ccn12. The zero-order chi connectivity index (χ0) is 19.9. The Morgan fingerprint density at radius 2 is 1.92 bits per heavy atom. The number of fused-ring (bicyclic) bond motifs is 1. The van der Waals surface area contributed by atoms with Crippen LogP contribution in [0, 0.1) is 0 Å². The maximum Gasteiger partial charge on any atom is 0.416 e. The van der Waals surface area contributed by atoms with Crippen molar-refractivity contribution in [3.05, 3.63) is 23.9 Å². The fourth-order valence-electron chi connectivity index (χ4n) is 2.11. The maximum atomic E-state index is 12.9. The lowest BCUT2D eigenvalue weighted by molar-refractivity contribution is -0.137. The summed E-state index contributed by atoms with van der Waals surface area (Å²) in [5.41, 5.74) is -2.10. The quantitative estimate of drug-likeness (QED) is 0.862. The second kappa shape index (κ2) is 6.45. The van der Waals surface area contributed by atoms with E-state index in [-0.39, 0.29) is 17.2 Å². The van der Waals surface area contributed by atoms with Gasteiger partial charge in [-0.1, -0.05) is 6.92 Å². The van der Waals surface area contributed by atoms with Crippen LogP contribution < -0.4 is 5.32 Å². The Balaban J connectivity index is 2.61. The number of carbonyl (C=O) groups excluding carboxylic acids is 1. The average molecular weight is 393 g/mol.